The average Bonchev–Trinajstić information content (AvgIpc) is 2.63. The highest BCUT2D eigenvalue weighted by Crippen LogP contribution is 2.04. The molecule has 0 aromatic heterocycles. The molecular formula is C11H24IN3. The van der Waals surface area contributed by atoms with E-state index >= 15 is 0 Å². The van der Waals surface area contributed by atoms with E-state index in [1.807, 2.05) is 0 Å². The van der Waals surface area contributed by atoms with E-state index in [0.29, 0.717) is 12.1 Å². The molecule has 1 aliphatic rings. The zero-order valence-electron chi connectivity index (χ0n) is 10.0. The fraction of sp³-hybridized carbons (Fsp3) is 0.909. The van der Waals surface area contributed by atoms with E-state index in [0.717, 1.165) is 25.3 Å². The average molecular weight is 325 g/mol. The van der Waals surface area contributed by atoms with Crippen LogP contribution >= 0.6 is 24.0 Å². The molecule has 4 heteroatoms. The minimum absolute atomic E-state index is 0. The van der Waals surface area contributed by atoms with Crippen molar-refractivity contribution in [1.29, 1.82) is 0 Å². The van der Waals surface area contributed by atoms with E-state index in [9.17, 15) is 0 Å². The molecule has 1 rings (SSSR count). The van der Waals surface area contributed by atoms with Gasteiger partial charge in [0.15, 0.2) is 5.96 Å². The third kappa shape index (κ3) is 5.04. The van der Waals surface area contributed by atoms with Crippen LogP contribution in [0.1, 0.15) is 46.5 Å². The molecule has 0 aliphatic carbocycles. The molecular weight excluding hydrogens is 301 g/mol. The molecule has 3 nitrogen and oxygen atoms in total. The highest BCUT2D eigenvalue weighted by atomic mass is 127. The molecule has 0 radical (unpaired) electrons. The Balaban J connectivity index is 0.00000196. The quantitative estimate of drug-likeness (QED) is 0.762. The smallest absolute Gasteiger partial charge is 0.191 e. The third-order valence-corrected chi connectivity index (χ3v) is 2.77. The molecule has 0 fully saturated rings. The molecule has 0 amide bonds. The van der Waals surface area contributed by atoms with Crippen LogP contribution in [0.25, 0.3) is 0 Å². The molecule has 2 N–H and O–H groups in total. The lowest BCUT2D eigenvalue weighted by Gasteiger charge is -2.17. The first kappa shape index (κ1) is 15.0. The van der Waals surface area contributed by atoms with E-state index in [4.69, 9.17) is 0 Å². The molecule has 0 spiro atoms. The maximum Gasteiger partial charge on any atom is 0.191 e. The molecule has 15 heavy (non-hydrogen) atoms. The summed E-state index contributed by atoms with van der Waals surface area (Å²) in [6.45, 7) is 7.57. The number of nitrogens with zero attached hydrogens (tertiary/aromatic N) is 1. The van der Waals surface area contributed by atoms with Gasteiger partial charge in [-0.3, -0.25) is 4.99 Å². The molecule has 0 bridgehead atoms. The van der Waals surface area contributed by atoms with Gasteiger partial charge in [-0.05, 0) is 19.3 Å². The first-order valence-corrected chi connectivity index (χ1v) is 5.87. The van der Waals surface area contributed by atoms with Gasteiger partial charge in [0, 0.05) is 12.1 Å². The lowest BCUT2D eigenvalue weighted by molar-refractivity contribution is 0.548. The van der Waals surface area contributed by atoms with Crippen molar-refractivity contribution in [3.63, 3.8) is 0 Å². The van der Waals surface area contributed by atoms with Gasteiger partial charge >= 0.3 is 0 Å². The topological polar surface area (TPSA) is 36.4 Å². The van der Waals surface area contributed by atoms with Crippen molar-refractivity contribution in [3.8, 4) is 0 Å². The fourth-order valence-electron chi connectivity index (χ4n) is 1.77. The van der Waals surface area contributed by atoms with Crippen LogP contribution < -0.4 is 10.6 Å². The standard InChI is InChI=1S/C11H23N3.HI/c1-4-7-10-8-12-11(14-10)13-9(5-2)6-3;/h9-10H,4-8H2,1-3H3,(H2,12,13,14);1H. The largest absolute Gasteiger partial charge is 0.354 e. The summed E-state index contributed by atoms with van der Waals surface area (Å²) in [5, 5.41) is 6.87. The van der Waals surface area contributed by atoms with Gasteiger partial charge in [-0.15, -0.1) is 24.0 Å². The van der Waals surface area contributed by atoms with E-state index in [-0.39, 0.29) is 24.0 Å². The van der Waals surface area contributed by atoms with Crippen LogP contribution in [0.2, 0.25) is 0 Å². The Kier molecular flexibility index (Phi) is 8.19. The van der Waals surface area contributed by atoms with Gasteiger partial charge in [-0.2, -0.15) is 0 Å². The molecule has 1 atom stereocenters. The molecule has 0 aromatic rings. The Morgan fingerprint density at radius 2 is 2.07 bits per heavy atom. The Bertz CT molecular complexity index is 190. The summed E-state index contributed by atoms with van der Waals surface area (Å²) in [4.78, 5) is 4.47. The number of nitrogens with one attached hydrogen (secondary N) is 2. The first-order chi connectivity index (χ1) is 6.80. The van der Waals surface area contributed by atoms with Crippen LogP contribution in [0.3, 0.4) is 0 Å². The number of rotatable bonds is 5. The summed E-state index contributed by atoms with van der Waals surface area (Å²) >= 11 is 0. The van der Waals surface area contributed by atoms with Gasteiger partial charge in [0.25, 0.3) is 0 Å². The molecule has 0 saturated heterocycles. The van der Waals surface area contributed by atoms with Crippen molar-refractivity contribution in [2.75, 3.05) is 6.54 Å². The minimum atomic E-state index is 0. The maximum atomic E-state index is 4.47. The molecule has 1 heterocycles. The van der Waals surface area contributed by atoms with E-state index in [2.05, 4.69) is 36.4 Å². The maximum absolute atomic E-state index is 4.47. The van der Waals surface area contributed by atoms with Gasteiger partial charge in [-0.1, -0.05) is 27.2 Å². The lowest BCUT2D eigenvalue weighted by atomic mass is 10.2. The van der Waals surface area contributed by atoms with Gasteiger partial charge in [0.2, 0.25) is 0 Å². The Labute approximate surface area is 111 Å². The Hall–Kier alpha value is 0. The van der Waals surface area contributed by atoms with Crippen LogP contribution in [-0.2, 0) is 0 Å². The summed E-state index contributed by atoms with van der Waals surface area (Å²) in [6, 6.07) is 1.14. The van der Waals surface area contributed by atoms with Crippen molar-refractivity contribution >= 4 is 29.9 Å². The monoisotopic (exact) mass is 325 g/mol. The van der Waals surface area contributed by atoms with Gasteiger partial charge in [-0.25, -0.2) is 0 Å². The second-order valence-corrected chi connectivity index (χ2v) is 3.98. The zero-order valence-corrected chi connectivity index (χ0v) is 12.4. The first-order valence-electron chi connectivity index (χ1n) is 5.87. The van der Waals surface area contributed by atoms with Gasteiger partial charge in [0.05, 0.1) is 6.54 Å². The third-order valence-electron chi connectivity index (χ3n) is 2.77. The van der Waals surface area contributed by atoms with Crippen molar-refractivity contribution in [3.05, 3.63) is 0 Å². The number of aliphatic imine (C=N–C) groups is 1. The van der Waals surface area contributed by atoms with Crippen molar-refractivity contribution < 1.29 is 0 Å². The van der Waals surface area contributed by atoms with Crippen LogP contribution in [0.4, 0.5) is 0 Å². The number of hydrogen-bond donors (Lipinski definition) is 2. The number of hydrogen-bond acceptors (Lipinski definition) is 3. The van der Waals surface area contributed by atoms with E-state index < -0.39 is 0 Å². The fourth-order valence-corrected chi connectivity index (χ4v) is 1.77. The Morgan fingerprint density at radius 1 is 1.40 bits per heavy atom. The summed E-state index contributed by atoms with van der Waals surface area (Å²) < 4.78 is 0. The molecule has 1 aliphatic heterocycles. The van der Waals surface area contributed by atoms with Gasteiger partial charge in [0.1, 0.15) is 0 Å². The van der Waals surface area contributed by atoms with Crippen LogP contribution in [0.5, 0.6) is 0 Å². The molecule has 1 unspecified atom stereocenters. The molecule has 0 aromatic carbocycles. The minimum Gasteiger partial charge on any atom is -0.354 e. The Morgan fingerprint density at radius 3 is 2.60 bits per heavy atom. The summed E-state index contributed by atoms with van der Waals surface area (Å²) in [6.07, 6.45) is 4.77. The number of guanidine groups is 1. The van der Waals surface area contributed by atoms with Crippen molar-refractivity contribution in [2.45, 2.75) is 58.5 Å². The summed E-state index contributed by atoms with van der Waals surface area (Å²) in [5.74, 6) is 1.01. The van der Waals surface area contributed by atoms with Gasteiger partial charge < -0.3 is 10.6 Å². The highest BCUT2D eigenvalue weighted by Gasteiger charge is 2.17. The summed E-state index contributed by atoms with van der Waals surface area (Å²) in [7, 11) is 0. The second-order valence-electron chi connectivity index (χ2n) is 3.98. The van der Waals surface area contributed by atoms with E-state index in [1.54, 1.807) is 0 Å². The predicted octanol–water partition coefficient (Wildman–Crippen LogP) is 2.51. The predicted molar refractivity (Wildman–Crippen MR) is 77.1 cm³/mol. The molecule has 90 valence electrons. The van der Waals surface area contributed by atoms with Crippen molar-refractivity contribution in [2.24, 2.45) is 4.99 Å². The normalized spacial score (nSPS) is 19.5. The van der Waals surface area contributed by atoms with Crippen molar-refractivity contribution in [1.82, 2.24) is 10.6 Å². The van der Waals surface area contributed by atoms with Crippen LogP contribution in [-0.4, -0.2) is 24.6 Å². The van der Waals surface area contributed by atoms with E-state index in [1.165, 1.54) is 12.8 Å². The summed E-state index contributed by atoms with van der Waals surface area (Å²) in [5.41, 5.74) is 0. The lowest BCUT2D eigenvalue weighted by Crippen LogP contribution is -2.43. The van der Waals surface area contributed by atoms with Crippen LogP contribution in [0.15, 0.2) is 4.99 Å². The molecule has 0 saturated carbocycles. The SMILES string of the molecule is CCCC1CN=C(NC(CC)CC)N1.I. The zero-order chi connectivity index (χ0) is 10.4. The second kappa shape index (κ2) is 8.19. The van der Waals surface area contributed by atoms with Crippen LogP contribution in [0, 0.1) is 0 Å². The highest BCUT2D eigenvalue weighted by molar-refractivity contribution is 14.0. The number of halogens is 1.